The second kappa shape index (κ2) is 6.71. The molecule has 0 aromatic heterocycles. The minimum Gasteiger partial charge on any atom is -0.375 e. The van der Waals surface area contributed by atoms with Crippen LogP contribution in [0.3, 0.4) is 0 Å². The molecule has 108 valence electrons. The summed E-state index contributed by atoms with van der Waals surface area (Å²) in [6.45, 7) is 3.20. The summed E-state index contributed by atoms with van der Waals surface area (Å²) >= 11 is 3.33. The average Bonchev–Trinajstić information content (AvgIpc) is 2.45. The van der Waals surface area contributed by atoms with Gasteiger partial charge in [-0.3, -0.25) is 9.59 Å². The first-order valence-corrected chi connectivity index (χ1v) is 7.19. The molecule has 2 rings (SSSR count). The van der Waals surface area contributed by atoms with Crippen molar-refractivity contribution in [1.82, 2.24) is 10.2 Å². The highest BCUT2D eigenvalue weighted by Crippen LogP contribution is 2.21. The summed E-state index contributed by atoms with van der Waals surface area (Å²) in [5.41, 5.74) is 6.26. The zero-order chi connectivity index (χ0) is 14.5. The van der Waals surface area contributed by atoms with E-state index < -0.39 is 5.91 Å². The van der Waals surface area contributed by atoms with Crippen molar-refractivity contribution in [3.8, 4) is 0 Å². The van der Waals surface area contributed by atoms with Crippen LogP contribution >= 0.6 is 15.9 Å². The van der Waals surface area contributed by atoms with E-state index >= 15 is 0 Å². The van der Waals surface area contributed by atoms with Gasteiger partial charge in [-0.2, -0.15) is 0 Å². The number of benzene rings is 1. The summed E-state index contributed by atoms with van der Waals surface area (Å²) in [6.07, 6.45) is 0. The van der Waals surface area contributed by atoms with Gasteiger partial charge in [0.15, 0.2) is 0 Å². The molecule has 1 aromatic rings. The van der Waals surface area contributed by atoms with Crippen molar-refractivity contribution in [3.63, 3.8) is 0 Å². The molecule has 0 unspecified atom stereocenters. The second-order valence-electron chi connectivity index (χ2n) is 4.54. The number of amides is 2. The number of carbonyl (C=O) groups is 2. The second-order valence-corrected chi connectivity index (χ2v) is 5.45. The summed E-state index contributed by atoms with van der Waals surface area (Å²) in [5.74, 6) is -0.503. The number of anilines is 1. The Morgan fingerprint density at radius 1 is 1.35 bits per heavy atom. The zero-order valence-corrected chi connectivity index (χ0v) is 12.6. The molecule has 1 aliphatic rings. The first kappa shape index (κ1) is 14.8. The number of hydrogen-bond acceptors (Lipinski definition) is 4. The fourth-order valence-electron chi connectivity index (χ4n) is 2.07. The monoisotopic (exact) mass is 340 g/mol. The molecule has 1 saturated heterocycles. The predicted octanol–water partition coefficient (Wildman–Crippen LogP) is 0.392. The SMILES string of the molecule is NC(=O)c1ccc(Br)cc1NCC(=O)N1CCNCC1. The quantitative estimate of drug-likeness (QED) is 0.740. The molecule has 0 spiro atoms. The van der Waals surface area contributed by atoms with Gasteiger partial charge in [0, 0.05) is 36.3 Å². The van der Waals surface area contributed by atoms with Crippen LogP contribution in [0.1, 0.15) is 10.4 Å². The molecule has 1 heterocycles. The Kier molecular flexibility index (Phi) is 4.97. The van der Waals surface area contributed by atoms with Gasteiger partial charge in [-0.1, -0.05) is 15.9 Å². The van der Waals surface area contributed by atoms with Gasteiger partial charge in [0.25, 0.3) is 5.91 Å². The van der Waals surface area contributed by atoms with Gasteiger partial charge in [0.1, 0.15) is 0 Å². The first-order valence-electron chi connectivity index (χ1n) is 6.39. The standard InChI is InChI=1S/C13H17BrN4O2/c14-9-1-2-10(13(15)20)11(7-9)17-8-12(19)18-5-3-16-4-6-18/h1-2,7,16-17H,3-6,8H2,(H2,15,20). The Balaban J connectivity index is 2.01. The van der Waals surface area contributed by atoms with Gasteiger partial charge in [-0.25, -0.2) is 0 Å². The van der Waals surface area contributed by atoms with Crippen LogP contribution in [0.5, 0.6) is 0 Å². The molecule has 7 heteroatoms. The summed E-state index contributed by atoms with van der Waals surface area (Å²) in [6, 6.07) is 5.11. The molecule has 1 fully saturated rings. The number of primary amides is 1. The topological polar surface area (TPSA) is 87.5 Å². The highest BCUT2D eigenvalue weighted by Gasteiger charge is 2.16. The lowest BCUT2D eigenvalue weighted by molar-refractivity contribution is -0.129. The van der Waals surface area contributed by atoms with Gasteiger partial charge in [0.2, 0.25) is 5.91 Å². The Bertz CT molecular complexity index is 515. The Morgan fingerprint density at radius 2 is 2.05 bits per heavy atom. The fraction of sp³-hybridized carbons (Fsp3) is 0.385. The van der Waals surface area contributed by atoms with Gasteiger partial charge in [0.05, 0.1) is 12.1 Å². The van der Waals surface area contributed by atoms with Crippen molar-refractivity contribution in [2.75, 3.05) is 38.0 Å². The highest BCUT2D eigenvalue weighted by molar-refractivity contribution is 9.10. The maximum atomic E-state index is 12.0. The van der Waals surface area contributed by atoms with Crippen molar-refractivity contribution >= 4 is 33.4 Å². The molecule has 4 N–H and O–H groups in total. The molecule has 0 saturated carbocycles. The molecule has 20 heavy (non-hydrogen) atoms. The number of nitrogens with one attached hydrogen (secondary N) is 2. The Morgan fingerprint density at radius 3 is 2.70 bits per heavy atom. The Hall–Kier alpha value is -1.60. The third-order valence-electron chi connectivity index (χ3n) is 3.15. The van der Waals surface area contributed by atoms with Crippen molar-refractivity contribution in [3.05, 3.63) is 28.2 Å². The van der Waals surface area contributed by atoms with Crippen LogP contribution in [0, 0.1) is 0 Å². The summed E-state index contributed by atoms with van der Waals surface area (Å²) in [7, 11) is 0. The third kappa shape index (κ3) is 3.71. The van der Waals surface area contributed by atoms with E-state index in [9.17, 15) is 9.59 Å². The van der Waals surface area contributed by atoms with Crippen LogP contribution < -0.4 is 16.4 Å². The van der Waals surface area contributed by atoms with Gasteiger partial charge in [-0.15, -0.1) is 0 Å². The summed E-state index contributed by atoms with van der Waals surface area (Å²) in [5, 5.41) is 6.18. The Labute approximate surface area is 125 Å². The minimum absolute atomic E-state index is 0.0156. The number of nitrogens with zero attached hydrogens (tertiary/aromatic N) is 1. The third-order valence-corrected chi connectivity index (χ3v) is 3.64. The van der Waals surface area contributed by atoms with Crippen LogP contribution in [0.4, 0.5) is 5.69 Å². The van der Waals surface area contributed by atoms with Crippen LogP contribution in [0.15, 0.2) is 22.7 Å². The van der Waals surface area contributed by atoms with Crippen LogP contribution in [0.25, 0.3) is 0 Å². The number of halogens is 1. The van der Waals surface area contributed by atoms with E-state index in [1.807, 2.05) is 0 Å². The predicted molar refractivity (Wildman–Crippen MR) is 80.6 cm³/mol. The van der Waals surface area contributed by atoms with E-state index in [1.165, 1.54) is 0 Å². The van der Waals surface area contributed by atoms with Gasteiger partial charge in [-0.05, 0) is 18.2 Å². The van der Waals surface area contributed by atoms with Crippen molar-refractivity contribution in [1.29, 1.82) is 0 Å². The molecular weight excluding hydrogens is 324 g/mol. The lowest BCUT2D eigenvalue weighted by Gasteiger charge is -2.27. The lowest BCUT2D eigenvalue weighted by Crippen LogP contribution is -2.48. The minimum atomic E-state index is -0.519. The van der Waals surface area contributed by atoms with Crippen LogP contribution in [0.2, 0.25) is 0 Å². The molecule has 1 aromatic carbocycles. The molecule has 0 atom stereocenters. The molecule has 1 aliphatic heterocycles. The zero-order valence-electron chi connectivity index (χ0n) is 11.0. The maximum absolute atomic E-state index is 12.0. The van der Waals surface area contributed by atoms with Gasteiger partial charge >= 0.3 is 0 Å². The number of hydrogen-bond donors (Lipinski definition) is 3. The fourth-order valence-corrected chi connectivity index (χ4v) is 2.44. The van der Waals surface area contributed by atoms with Crippen molar-refractivity contribution < 1.29 is 9.59 Å². The maximum Gasteiger partial charge on any atom is 0.250 e. The van der Waals surface area contributed by atoms with Crippen molar-refractivity contribution in [2.45, 2.75) is 0 Å². The van der Waals surface area contributed by atoms with Crippen molar-refractivity contribution in [2.24, 2.45) is 5.73 Å². The van der Waals surface area contributed by atoms with E-state index in [2.05, 4.69) is 26.6 Å². The molecule has 0 radical (unpaired) electrons. The molecule has 0 bridgehead atoms. The smallest absolute Gasteiger partial charge is 0.250 e. The number of piperazine rings is 1. The van der Waals surface area contributed by atoms with E-state index in [-0.39, 0.29) is 12.5 Å². The van der Waals surface area contributed by atoms with E-state index in [1.54, 1.807) is 23.1 Å². The molecule has 0 aliphatic carbocycles. The lowest BCUT2D eigenvalue weighted by atomic mass is 10.1. The van der Waals surface area contributed by atoms with E-state index in [0.29, 0.717) is 24.3 Å². The summed E-state index contributed by atoms with van der Waals surface area (Å²) in [4.78, 5) is 25.2. The first-order chi connectivity index (χ1) is 9.58. The molecule has 2 amide bonds. The van der Waals surface area contributed by atoms with E-state index in [4.69, 9.17) is 5.73 Å². The average molecular weight is 341 g/mol. The van der Waals surface area contributed by atoms with Crippen LogP contribution in [-0.2, 0) is 4.79 Å². The number of carbonyl (C=O) groups excluding carboxylic acids is 2. The number of rotatable bonds is 4. The number of nitrogens with two attached hydrogens (primary N) is 1. The molecular formula is C13H17BrN4O2. The largest absolute Gasteiger partial charge is 0.375 e. The highest BCUT2D eigenvalue weighted by atomic mass is 79.9. The van der Waals surface area contributed by atoms with Crippen LogP contribution in [-0.4, -0.2) is 49.4 Å². The normalized spacial score (nSPS) is 14.9. The summed E-state index contributed by atoms with van der Waals surface area (Å²) < 4.78 is 0.819. The van der Waals surface area contributed by atoms with E-state index in [0.717, 1.165) is 17.6 Å². The molecule has 6 nitrogen and oxygen atoms in total. The van der Waals surface area contributed by atoms with Gasteiger partial charge < -0.3 is 21.3 Å².